The van der Waals surface area contributed by atoms with Crippen molar-refractivity contribution in [1.29, 1.82) is 0 Å². The van der Waals surface area contributed by atoms with Crippen molar-refractivity contribution in [2.24, 2.45) is 0 Å². The Morgan fingerprint density at radius 1 is 1.02 bits per heavy atom. The van der Waals surface area contributed by atoms with Crippen molar-refractivity contribution in [3.63, 3.8) is 0 Å². The highest BCUT2D eigenvalue weighted by molar-refractivity contribution is 7.89. The Balaban J connectivity index is 1.25. The van der Waals surface area contributed by atoms with Gasteiger partial charge in [0.05, 0.1) is 37.1 Å². The number of nitrogens with zero attached hydrogens (tertiary/aromatic N) is 5. The summed E-state index contributed by atoms with van der Waals surface area (Å²) in [6.45, 7) is 0.423. The van der Waals surface area contributed by atoms with E-state index in [0.717, 1.165) is 10.9 Å². The van der Waals surface area contributed by atoms with Crippen LogP contribution in [0.4, 0.5) is 11.6 Å². The number of rotatable bonds is 8. The van der Waals surface area contributed by atoms with Gasteiger partial charge in [0.1, 0.15) is 0 Å². The summed E-state index contributed by atoms with van der Waals surface area (Å²) in [6, 6.07) is 21.2. The van der Waals surface area contributed by atoms with Gasteiger partial charge in [0.2, 0.25) is 16.0 Å². The minimum absolute atomic E-state index is 0.0111. The number of anilines is 1. The van der Waals surface area contributed by atoms with E-state index in [-0.39, 0.29) is 35.7 Å². The fourth-order valence-electron chi connectivity index (χ4n) is 4.89. The quantitative estimate of drug-likeness (QED) is 0.186. The monoisotopic (exact) mass is 622 g/mol. The first kappa shape index (κ1) is 28.0. The van der Waals surface area contributed by atoms with Crippen molar-refractivity contribution in [1.82, 2.24) is 18.2 Å². The van der Waals surface area contributed by atoms with Crippen molar-refractivity contribution in [2.45, 2.75) is 22.3 Å². The zero-order valence-electron chi connectivity index (χ0n) is 21.8. The number of hydrogen-bond donors (Lipinski definition) is 1. The highest BCUT2D eigenvalue weighted by atomic mass is 35.5. The molecule has 1 fully saturated rings. The predicted octanol–water partition coefficient (Wildman–Crippen LogP) is 5.11. The highest BCUT2D eigenvalue weighted by Crippen LogP contribution is 2.35. The van der Waals surface area contributed by atoms with E-state index in [1.165, 1.54) is 34.8 Å². The number of para-hydroxylation sites is 1. The summed E-state index contributed by atoms with van der Waals surface area (Å²) in [5.41, 5.74) is 1.70. The van der Waals surface area contributed by atoms with Gasteiger partial charge in [-0.25, -0.2) is 22.6 Å². The van der Waals surface area contributed by atoms with Gasteiger partial charge in [-0.05, 0) is 36.8 Å². The Labute approximate surface area is 248 Å². The first-order valence-electron chi connectivity index (χ1n) is 12.8. The summed E-state index contributed by atoms with van der Waals surface area (Å²) < 4.78 is 42.7. The van der Waals surface area contributed by atoms with Crippen molar-refractivity contribution in [2.75, 3.05) is 18.4 Å². The van der Waals surface area contributed by atoms with Gasteiger partial charge >= 0.3 is 0 Å². The van der Waals surface area contributed by atoms with Gasteiger partial charge in [-0.3, -0.25) is 14.1 Å². The third-order valence-electron chi connectivity index (χ3n) is 6.97. The zero-order valence-corrected chi connectivity index (χ0v) is 24.2. The molecular formula is C28H23ClN6O5S2. The van der Waals surface area contributed by atoms with Crippen LogP contribution in [0.15, 0.2) is 101 Å². The van der Waals surface area contributed by atoms with Crippen molar-refractivity contribution in [3.8, 4) is 11.3 Å². The van der Waals surface area contributed by atoms with Crippen LogP contribution in [-0.4, -0.2) is 54.9 Å². The molecule has 6 rings (SSSR count). The van der Waals surface area contributed by atoms with Gasteiger partial charge in [0.15, 0.2) is 11.0 Å². The maximum atomic E-state index is 13.5. The first-order chi connectivity index (χ1) is 20.2. The van der Waals surface area contributed by atoms with E-state index >= 15 is 0 Å². The molecule has 42 heavy (non-hydrogen) atoms. The summed E-state index contributed by atoms with van der Waals surface area (Å²) >= 11 is 6.57. The fraction of sp³-hybridized carbons (Fsp3) is 0.143. The molecular weight excluding hydrogens is 600 g/mol. The van der Waals surface area contributed by atoms with Crippen molar-refractivity contribution < 1.29 is 17.6 Å². The molecule has 0 spiro atoms. The van der Waals surface area contributed by atoms with Gasteiger partial charge in [-0.15, -0.1) is 0 Å². The third kappa shape index (κ3) is 5.27. The van der Waals surface area contributed by atoms with Crippen molar-refractivity contribution >= 4 is 55.1 Å². The van der Waals surface area contributed by atoms with Gasteiger partial charge < -0.3 is 5.32 Å². The van der Waals surface area contributed by atoms with Crippen LogP contribution in [0.1, 0.15) is 6.42 Å². The lowest BCUT2D eigenvalue weighted by molar-refractivity contribution is -0.384. The van der Waals surface area contributed by atoms with Crippen LogP contribution in [0, 0.1) is 10.1 Å². The minimum Gasteiger partial charge on any atom is -0.350 e. The molecule has 1 aliphatic rings. The van der Waals surface area contributed by atoms with Crippen LogP contribution in [0.2, 0.25) is 5.02 Å². The van der Waals surface area contributed by atoms with E-state index in [9.17, 15) is 22.7 Å². The summed E-state index contributed by atoms with van der Waals surface area (Å²) in [5, 5.41) is 15.3. The van der Waals surface area contributed by atoms with E-state index in [0.29, 0.717) is 27.6 Å². The molecule has 0 aliphatic carbocycles. The number of benzene rings is 3. The standard InChI is InChI=1S/C28H23ClN6O5S2/c29-25-16-30-28(31-19-14-15-33(17-19)42(39,40)22-12-10-20(11-13-22)35(36)37)32-27(25)24-18-34(26-9-5-4-8-23(24)26)41(38)21-6-2-1-3-7-21/h1-13,16,18-19H,14-15,17H2,(H,30,31,32). The first-order valence-corrected chi connectivity index (χ1v) is 15.8. The molecule has 214 valence electrons. The lowest BCUT2D eigenvalue weighted by Crippen LogP contribution is -2.32. The van der Waals surface area contributed by atoms with Crippen LogP contribution in [0.25, 0.3) is 22.2 Å². The molecule has 14 heteroatoms. The molecule has 3 heterocycles. The molecule has 3 aromatic carbocycles. The summed E-state index contributed by atoms with van der Waals surface area (Å²) in [7, 11) is -5.34. The van der Waals surface area contributed by atoms with E-state index in [1.807, 2.05) is 42.5 Å². The number of hydrogen-bond acceptors (Lipinski definition) is 8. The average Bonchev–Trinajstić information content (AvgIpc) is 3.64. The Morgan fingerprint density at radius 3 is 2.48 bits per heavy atom. The van der Waals surface area contributed by atoms with E-state index < -0.39 is 25.9 Å². The second-order valence-corrected chi connectivity index (χ2v) is 13.3. The predicted molar refractivity (Wildman–Crippen MR) is 160 cm³/mol. The Kier molecular flexibility index (Phi) is 7.49. The third-order valence-corrected chi connectivity index (χ3v) is 10.5. The van der Waals surface area contributed by atoms with Gasteiger partial charge in [0.25, 0.3) is 5.69 Å². The molecule has 11 nitrogen and oxygen atoms in total. The van der Waals surface area contributed by atoms with Crippen LogP contribution in [-0.2, 0) is 21.0 Å². The number of nitro groups is 1. The summed E-state index contributed by atoms with van der Waals surface area (Å²) in [4.78, 5) is 20.0. The van der Waals surface area contributed by atoms with E-state index in [4.69, 9.17) is 11.6 Å². The van der Waals surface area contributed by atoms with E-state index in [2.05, 4.69) is 15.3 Å². The van der Waals surface area contributed by atoms with Crippen LogP contribution in [0.5, 0.6) is 0 Å². The van der Waals surface area contributed by atoms with Gasteiger partial charge in [-0.1, -0.05) is 48.0 Å². The fourth-order valence-corrected chi connectivity index (χ4v) is 7.74. The van der Waals surface area contributed by atoms with Crippen LogP contribution >= 0.6 is 11.6 Å². The number of sulfonamides is 1. The molecule has 2 unspecified atom stereocenters. The largest absolute Gasteiger partial charge is 0.350 e. The molecule has 0 amide bonds. The second-order valence-electron chi connectivity index (χ2n) is 9.58. The molecule has 2 aromatic heterocycles. The number of nitro benzene ring substituents is 1. The number of halogens is 1. The SMILES string of the molecule is O=[N+]([O-])c1ccc(S(=O)(=O)N2CCC(Nc3ncc(Cl)c(-c4cn(S(=O)c5ccccc5)c5ccccc45)n3)C2)cc1. The van der Waals surface area contributed by atoms with Crippen molar-refractivity contribution in [3.05, 3.63) is 106 Å². The second kappa shape index (κ2) is 11.2. The van der Waals surface area contributed by atoms with Crippen LogP contribution in [0.3, 0.4) is 0 Å². The smallest absolute Gasteiger partial charge is 0.269 e. The van der Waals surface area contributed by atoms with Gasteiger partial charge in [0, 0.05) is 48.4 Å². The Bertz CT molecular complexity index is 1930. The molecule has 0 bridgehead atoms. The average molecular weight is 623 g/mol. The Hall–Kier alpha value is -4.17. The maximum absolute atomic E-state index is 13.5. The lowest BCUT2D eigenvalue weighted by atomic mass is 10.1. The lowest BCUT2D eigenvalue weighted by Gasteiger charge is -2.17. The zero-order chi connectivity index (χ0) is 29.4. The number of fused-ring (bicyclic) bond motifs is 1. The minimum atomic E-state index is -3.84. The molecule has 1 N–H and O–H groups in total. The maximum Gasteiger partial charge on any atom is 0.269 e. The molecule has 1 aliphatic heterocycles. The van der Waals surface area contributed by atoms with Gasteiger partial charge in [-0.2, -0.15) is 4.31 Å². The normalized spacial score (nSPS) is 16.5. The van der Waals surface area contributed by atoms with E-state index in [1.54, 1.807) is 22.3 Å². The molecule has 0 radical (unpaired) electrons. The highest BCUT2D eigenvalue weighted by Gasteiger charge is 2.33. The summed E-state index contributed by atoms with van der Waals surface area (Å²) in [6.07, 6.45) is 3.75. The molecule has 5 aromatic rings. The number of aromatic nitrogens is 3. The Morgan fingerprint density at radius 2 is 1.74 bits per heavy atom. The number of nitrogens with one attached hydrogen (secondary N) is 1. The number of non-ortho nitro benzene ring substituents is 1. The molecule has 2 atom stereocenters. The van der Waals surface area contributed by atoms with Crippen LogP contribution < -0.4 is 5.32 Å². The summed E-state index contributed by atoms with van der Waals surface area (Å²) in [5.74, 6) is 0.273. The molecule has 0 saturated carbocycles. The molecule has 1 saturated heterocycles. The topological polar surface area (TPSA) is 140 Å².